The number of hydrogen-bond donors (Lipinski definition) is 2. The van der Waals surface area contributed by atoms with Crippen LogP contribution < -0.4 is 11.3 Å². The number of nitrogens with one attached hydrogen (secondary N) is 1. The molecule has 102 valence electrons. The molecule has 0 saturated heterocycles. The summed E-state index contributed by atoms with van der Waals surface area (Å²) < 4.78 is 14.6. The first-order valence-electron chi connectivity index (χ1n) is 5.86. The van der Waals surface area contributed by atoms with Crippen LogP contribution in [0.2, 0.25) is 0 Å². The maximum Gasteiger partial charge on any atom is 0.127 e. The van der Waals surface area contributed by atoms with Crippen LogP contribution in [0.15, 0.2) is 22.7 Å². The predicted molar refractivity (Wildman–Crippen MR) is 76.7 cm³/mol. The Morgan fingerprint density at radius 3 is 2.50 bits per heavy atom. The third-order valence-corrected chi connectivity index (χ3v) is 4.14. The molecule has 1 unspecified atom stereocenters. The summed E-state index contributed by atoms with van der Waals surface area (Å²) in [5.74, 6) is 5.41. The predicted octanol–water partition coefficient (Wildman–Crippen LogP) is 2.30. The zero-order valence-corrected chi connectivity index (χ0v) is 12.9. The van der Waals surface area contributed by atoms with Gasteiger partial charge in [-0.15, -0.1) is 0 Å². The van der Waals surface area contributed by atoms with Crippen LogP contribution in [0.1, 0.15) is 19.4 Å². The van der Waals surface area contributed by atoms with E-state index in [1.807, 2.05) is 20.2 Å². The lowest BCUT2D eigenvalue weighted by Gasteiger charge is -2.40. The minimum atomic E-state index is -0.209. The van der Waals surface area contributed by atoms with Crippen molar-refractivity contribution < 1.29 is 4.39 Å². The van der Waals surface area contributed by atoms with Gasteiger partial charge in [-0.3, -0.25) is 11.3 Å². The molecule has 0 saturated carbocycles. The van der Waals surface area contributed by atoms with Crippen LogP contribution in [0.5, 0.6) is 0 Å². The van der Waals surface area contributed by atoms with Gasteiger partial charge in [0.15, 0.2) is 0 Å². The molecule has 1 aromatic rings. The maximum absolute atomic E-state index is 13.8. The fraction of sp³-hybridized carbons (Fsp3) is 0.538. The molecule has 0 heterocycles. The summed E-state index contributed by atoms with van der Waals surface area (Å²) in [6.45, 7) is 4.16. The van der Waals surface area contributed by atoms with Crippen molar-refractivity contribution in [3.05, 3.63) is 34.1 Å². The molecule has 0 radical (unpaired) electrons. The highest BCUT2D eigenvalue weighted by Crippen LogP contribution is 2.22. The third kappa shape index (κ3) is 3.51. The molecule has 0 fully saturated rings. The van der Waals surface area contributed by atoms with Crippen molar-refractivity contribution in [1.82, 2.24) is 10.3 Å². The van der Waals surface area contributed by atoms with Crippen LogP contribution in [0, 0.1) is 5.82 Å². The standard InChI is InChI=1S/C13H21BrFN3/c1-13(2,18(3)4)12(17-16)7-9-5-6-10(14)8-11(9)15/h5-6,8,12,17H,7,16H2,1-4H3. The average Bonchev–Trinajstić information content (AvgIpc) is 2.27. The van der Waals surface area contributed by atoms with Gasteiger partial charge in [0.1, 0.15) is 5.82 Å². The van der Waals surface area contributed by atoms with E-state index in [9.17, 15) is 4.39 Å². The second kappa shape index (κ2) is 6.10. The van der Waals surface area contributed by atoms with Gasteiger partial charge in [-0.05, 0) is 52.1 Å². The van der Waals surface area contributed by atoms with E-state index in [-0.39, 0.29) is 17.4 Å². The summed E-state index contributed by atoms with van der Waals surface area (Å²) in [6.07, 6.45) is 0.542. The third-order valence-electron chi connectivity index (χ3n) is 3.65. The van der Waals surface area contributed by atoms with Gasteiger partial charge < -0.3 is 4.90 Å². The monoisotopic (exact) mass is 317 g/mol. The number of likely N-dealkylation sites (N-methyl/N-ethyl adjacent to an activating group) is 1. The fourth-order valence-electron chi connectivity index (χ4n) is 1.73. The van der Waals surface area contributed by atoms with Gasteiger partial charge in [0.25, 0.3) is 0 Å². The summed E-state index contributed by atoms with van der Waals surface area (Å²) in [7, 11) is 3.98. The van der Waals surface area contributed by atoms with Crippen LogP contribution in [0.25, 0.3) is 0 Å². The van der Waals surface area contributed by atoms with Crippen molar-refractivity contribution in [3.8, 4) is 0 Å². The van der Waals surface area contributed by atoms with Crippen LogP contribution in [-0.2, 0) is 6.42 Å². The van der Waals surface area contributed by atoms with Gasteiger partial charge >= 0.3 is 0 Å². The smallest absolute Gasteiger partial charge is 0.127 e. The van der Waals surface area contributed by atoms with E-state index in [4.69, 9.17) is 5.84 Å². The molecule has 0 aliphatic heterocycles. The highest BCUT2D eigenvalue weighted by Gasteiger charge is 2.31. The molecule has 1 rings (SSSR count). The Kier molecular flexibility index (Phi) is 5.28. The van der Waals surface area contributed by atoms with Crippen molar-refractivity contribution >= 4 is 15.9 Å². The molecule has 3 nitrogen and oxygen atoms in total. The summed E-state index contributed by atoms with van der Waals surface area (Å²) >= 11 is 3.25. The summed E-state index contributed by atoms with van der Waals surface area (Å²) in [6, 6.07) is 5.07. The van der Waals surface area contributed by atoms with Crippen LogP contribution in [-0.4, -0.2) is 30.6 Å². The molecule has 1 aromatic carbocycles. The number of nitrogens with two attached hydrogens (primary N) is 1. The van der Waals surface area contributed by atoms with E-state index < -0.39 is 0 Å². The molecule has 0 bridgehead atoms. The number of rotatable bonds is 5. The minimum absolute atomic E-state index is 0.0387. The van der Waals surface area contributed by atoms with Gasteiger partial charge in [-0.25, -0.2) is 4.39 Å². The second-order valence-corrected chi connectivity index (χ2v) is 6.12. The fourth-order valence-corrected chi connectivity index (χ4v) is 2.06. The lowest BCUT2D eigenvalue weighted by Crippen LogP contribution is -2.58. The van der Waals surface area contributed by atoms with Crippen molar-refractivity contribution in [2.45, 2.75) is 31.8 Å². The first kappa shape index (κ1) is 15.6. The summed E-state index contributed by atoms with van der Waals surface area (Å²) in [5, 5.41) is 0. The zero-order chi connectivity index (χ0) is 13.9. The Morgan fingerprint density at radius 2 is 2.06 bits per heavy atom. The number of nitrogens with zero attached hydrogens (tertiary/aromatic N) is 1. The Morgan fingerprint density at radius 1 is 1.44 bits per heavy atom. The van der Waals surface area contributed by atoms with E-state index in [1.165, 1.54) is 6.07 Å². The minimum Gasteiger partial charge on any atom is -0.303 e. The van der Waals surface area contributed by atoms with Crippen molar-refractivity contribution in [2.24, 2.45) is 5.84 Å². The van der Waals surface area contributed by atoms with Gasteiger partial charge in [0, 0.05) is 16.1 Å². The molecule has 0 aromatic heterocycles. The lowest BCUT2D eigenvalue weighted by atomic mass is 9.88. The van der Waals surface area contributed by atoms with Crippen LogP contribution in [0.4, 0.5) is 4.39 Å². The number of hydrogen-bond acceptors (Lipinski definition) is 3. The van der Waals surface area contributed by atoms with Gasteiger partial charge in [-0.2, -0.15) is 0 Å². The molecule has 1 atom stereocenters. The Hall–Kier alpha value is -0.490. The first-order valence-corrected chi connectivity index (χ1v) is 6.65. The molecule has 5 heteroatoms. The van der Waals surface area contributed by atoms with E-state index in [0.29, 0.717) is 12.0 Å². The largest absolute Gasteiger partial charge is 0.303 e. The molecular formula is C13H21BrFN3. The van der Waals surface area contributed by atoms with E-state index in [0.717, 1.165) is 4.47 Å². The number of halogens is 2. The Balaban J connectivity index is 2.93. The topological polar surface area (TPSA) is 41.3 Å². The highest BCUT2D eigenvalue weighted by molar-refractivity contribution is 9.10. The van der Waals surface area contributed by atoms with Crippen molar-refractivity contribution in [3.63, 3.8) is 0 Å². The highest BCUT2D eigenvalue weighted by atomic mass is 79.9. The SMILES string of the molecule is CN(C)C(C)(C)C(Cc1ccc(Br)cc1F)NN. The molecular weight excluding hydrogens is 297 g/mol. The quantitative estimate of drug-likeness (QED) is 0.647. The zero-order valence-electron chi connectivity index (χ0n) is 11.3. The van der Waals surface area contributed by atoms with Crippen LogP contribution in [0.3, 0.4) is 0 Å². The molecule has 0 spiro atoms. The van der Waals surface area contributed by atoms with Gasteiger partial charge in [0.05, 0.1) is 0 Å². The Bertz CT molecular complexity index is 407. The van der Waals surface area contributed by atoms with Gasteiger partial charge in [-0.1, -0.05) is 22.0 Å². The second-order valence-electron chi connectivity index (χ2n) is 5.21. The first-order chi connectivity index (χ1) is 8.28. The van der Waals surface area contributed by atoms with Crippen molar-refractivity contribution in [1.29, 1.82) is 0 Å². The summed E-state index contributed by atoms with van der Waals surface area (Å²) in [5.41, 5.74) is 3.28. The lowest BCUT2D eigenvalue weighted by molar-refractivity contribution is 0.137. The molecule has 3 N–H and O–H groups in total. The van der Waals surface area contributed by atoms with Crippen molar-refractivity contribution in [2.75, 3.05) is 14.1 Å². The molecule has 0 aliphatic rings. The normalized spacial score (nSPS) is 14.0. The molecule has 0 amide bonds. The van der Waals surface area contributed by atoms with Crippen LogP contribution >= 0.6 is 15.9 Å². The maximum atomic E-state index is 13.8. The van der Waals surface area contributed by atoms with E-state index in [1.54, 1.807) is 6.07 Å². The van der Waals surface area contributed by atoms with E-state index in [2.05, 4.69) is 40.1 Å². The number of hydrazine groups is 1. The molecule has 18 heavy (non-hydrogen) atoms. The van der Waals surface area contributed by atoms with Gasteiger partial charge in [0.2, 0.25) is 0 Å². The average molecular weight is 318 g/mol. The molecule has 0 aliphatic carbocycles. The number of benzene rings is 1. The summed E-state index contributed by atoms with van der Waals surface area (Å²) in [4.78, 5) is 2.08. The van der Waals surface area contributed by atoms with E-state index >= 15 is 0 Å². The Labute approximate surface area is 117 Å².